The van der Waals surface area contributed by atoms with E-state index in [0.29, 0.717) is 0 Å². The monoisotopic (exact) mass is 307 g/mol. The van der Waals surface area contributed by atoms with E-state index in [1.165, 1.54) is 24.4 Å². The van der Waals surface area contributed by atoms with Crippen LogP contribution in [0.2, 0.25) is 0 Å². The number of aromatic nitrogens is 1. The fourth-order valence-corrected chi connectivity index (χ4v) is 2.82. The Kier molecular flexibility index (Phi) is 3.06. The molecule has 0 fully saturated rings. The van der Waals surface area contributed by atoms with Gasteiger partial charge in [-0.25, -0.2) is 9.37 Å². The molecule has 1 aliphatic rings. The average Bonchev–Trinajstić information content (AvgIpc) is 2.46. The van der Waals surface area contributed by atoms with E-state index in [0.717, 1.165) is 12.1 Å². The van der Waals surface area contributed by atoms with Gasteiger partial charge < -0.3 is 5.32 Å². The molecule has 0 radical (unpaired) electrons. The van der Waals surface area contributed by atoms with Gasteiger partial charge in [0.25, 0.3) is 0 Å². The fourth-order valence-electron chi connectivity index (χ4n) is 2.82. The van der Waals surface area contributed by atoms with Crippen LogP contribution in [-0.2, 0) is 5.41 Å². The third-order valence-electron chi connectivity index (χ3n) is 3.79. The molecule has 1 aromatic heterocycles. The number of nitriles is 1. The quantitative estimate of drug-likeness (QED) is 0.809. The van der Waals surface area contributed by atoms with Crippen LogP contribution in [0.15, 0.2) is 36.5 Å². The van der Waals surface area contributed by atoms with Crippen LogP contribution in [-0.4, -0.2) is 11.2 Å². The fraction of sp³-hybridized carbons (Fsp3) is 0.200. The predicted molar refractivity (Wildman–Crippen MR) is 71.0 cm³/mol. The number of hydrogen-bond acceptors (Lipinski definition) is 3. The number of alkyl halides is 3. The smallest absolute Gasteiger partial charge is 0.340 e. The summed E-state index contributed by atoms with van der Waals surface area (Å²) in [6, 6.07) is 7.32. The molecular weight excluding hydrogens is 298 g/mol. The van der Waals surface area contributed by atoms with E-state index in [1.54, 1.807) is 6.07 Å². The summed E-state index contributed by atoms with van der Waals surface area (Å²) in [6.45, 7) is 0. The number of pyridine rings is 1. The van der Waals surface area contributed by atoms with Gasteiger partial charge in [0.2, 0.25) is 0 Å². The zero-order valence-electron chi connectivity index (χ0n) is 11.1. The zero-order chi connectivity index (χ0) is 16.0. The molecule has 2 heterocycles. The van der Waals surface area contributed by atoms with Crippen molar-refractivity contribution in [2.75, 3.05) is 5.32 Å². The topological polar surface area (TPSA) is 48.7 Å². The Hall–Kier alpha value is -2.62. The Morgan fingerprint density at radius 1 is 1.23 bits per heavy atom. The Labute approximate surface area is 123 Å². The van der Waals surface area contributed by atoms with E-state index >= 15 is 0 Å². The summed E-state index contributed by atoms with van der Waals surface area (Å²) < 4.78 is 55.4. The van der Waals surface area contributed by atoms with Gasteiger partial charge in [-0.2, -0.15) is 18.4 Å². The second kappa shape index (κ2) is 4.70. The van der Waals surface area contributed by atoms with Crippen molar-refractivity contribution in [3.8, 4) is 6.07 Å². The summed E-state index contributed by atoms with van der Waals surface area (Å²) in [5.74, 6) is -0.770. The molecule has 1 atom stereocenters. The van der Waals surface area contributed by atoms with Crippen molar-refractivity contribution in [1.29, 1.82) is 5.26 Å². The highest BCUT2D eigenvalue weighted by molar-refractivity contribution is 5.74. The Morgan fingerprint density at radius 2 is 2.00 bits per heavy atom. The van der Waals surface area contributed by atoms with Crippen LogP contribution >= 0.6 is 0 Å². The number of halogens is 4. The van der Waals surface area contributed by atoms with Crippen LogP contribution in [0.25, 0.3) is 0 Å². The summed E-state index contributed by atoms with van der Waals surface area (Å²) in [7, 11) is 0. The average molecular weight is 307 g/mol. The van der Waals surface area contributed by atoms with Crippen LogP contribution < -0.4 is 5.32 Å². The molecule has 1 aromatic carbocycles. The third-order valence-corrected chi connectivity index (χ3v) is 3.79. The van der Waals surface area contributed by atoms with Crippen molar-refractivity contribution >= 4 is 11.5 Å². The van der Waals surface area contributed by atoms with Gasteiger partial charge in [0.15, 0.2) is 0 Å². The Morgan fingerprint density at radius 3 is 2.68 bits per heavy atom. The predicted octanol–water partition coefficient (Wildman–Crippen LogP) is 4.04. The first-order valence-electron chi connectivity index (χ1n) is 6.36. The molecule has 0 aliphatic carbocycles. The molecule has 0 saturated heterocycles. The third kappa shape index (κ3) is 1.84. The van der Waals surface area contributed by atoms with E-state index in [2.05, 4.69) is 10.3 Å². The van der Waals surface area contributed by atoms with E-state index in [-0.39, 0.29) is 22.6 Å². The molecule has 112 valence electrons. The zero-order valence-corrected chi connectivity index (χ0v) is 11.1. The van der Waals surface area contributed by atoms with Crippen LogP contribution in [0, 0.1) is 17.1 Å². The maximum Gasteiger partial charge on any atom is 0.403 e. The number of anilines is 2. The SMILES string of the molecule is N#CCC1(C(F)(F)F)c2cc(F)ccc2Nc2ncccc21. The molecule has 0 amide bonds. The second-order valence-electron chi connectivity index (χ2n) is 4.95. The molecule has 7 heteroatoms. The van der Waals surface area contributed by atoms with Gasteiger partial charge in [-0.15, -0.1) is 0 Å². The maximum atomic E-state index is 13.9. The molecule has 1 unspecified atom stereocenters. The normalized spacial score (nSPS) is 19.6. The minimum Gasteiger partial charge on any atom is -0.340 e. The van der Waals surface area contributed by atoms with Crippen molar-refractivity contribution in [2.24, 2.45) is 0 Å². The summed E-state index contributed by atoms with van der Waals surface area (Å²) in [5, 5.41) is 11.7. The van der Waals surface area contributed by atoms with Crippen molar-refractivity contribution in [1.82, 2.24) is 4.98 Å². The van der Waals surface area contributed by atoms with Gasteiger partial charge in [0.1, 0.15) is 17.1 Å². The lowest BCUT2D eigenvalue weighted by Gasteiger charge is -2.40. The molecule has 0 bridgehead atoms. The lowest BCUT2D eigenvalue weighted by atomic mass is 9.69. The molecule has 1 aliphatic heterocycles. The van der Waals surface area contributed by atoms with Crippen LogP contribution in [0.4, 0.5) is 29.1 Å². The largest absolute Gasteiger partial charge is 0.403 e. The molecule has 0 saturated carbocycles. The molecule has 3 rings (SSSR count). The summed E-state index contributed by atoms with van der Waals surface area (Å²) >= 11 is 0. The lowest BCUT2D eigenvalue weighted by Crippen LogP contribution is -2.46. The van der Waals surface area contributed by atoms with E-state index in [9.17, 15) is 17.6 Å². The molecule has 2 aromatic rings. The first-order valence-corrected chi connectivity index (χ1v) is 6.36. The molecular formula is C15H9F4N3. The number of nitrogens with zero attached hydrogens (tertiary/aromatic N) is 2. The summed E-state index contributed by atoms with van der Waals surface area (Å²) in [4.78, 5) is 3.92. The number of rotatable bonds is 1. The van der Waals surface area contributed by atoms with Crippen LogP contribution in [0.1, 0.15) is 17.5 Å². The van der Waals surface area contributed by atoms with Gasteiger partial charge in [-0.1, -0.05) is 6.07 Å². The Balaban J connectivity index is 2.41. The highest BCUT2D eigenvalue weighted by Crippen LogP contribution is 2.55. The minimum atomic E-state index is -4.77. The van der Waals surface area contributed by atoms with Gasteiger partial charge in [-0.05, 0) is 29.8 Å². The van der Waals surface area contributed by atoms with Gasteiger partial charge >= 0.3 is 6.18 Å². The lowest BCUT2D eigenvalue weighted by molar-refractivity contribution is -0.177. The van der Waals surface area contributed by atoms with Crippen molar-refractivity contribution in [2.45, 2.75) is 18.0 Å². The highest BCUT2D eigenvalue weighted by atomic mass is 19.4. The standard InChI is InChI=1S/C15H9F4N3/c16-9-3-4-12-11(8-9)14(5-6-20,15(17,18)19)10-2-1-7-21-13(10)22-12/h1-4,7-8H,5H2,(H,21,22). The van der Waals surface area contributed by atoms with E-state index in [1.807, 2.05) is 0 Å². The van der Waals surface area contributed by atoms with Crippen molar-refractivity contribution in [3.63, 3.8) is 0 Å². The maximum absolute atomic E-state index is 13.9. The van der Waals surface area contributed by atoms with E-state index < -0.39 is 23.8 Å². The van der Waals surface area contributed by atoms with Crippen molar-refractivity contribution < 1.29 is 17.6 Å². The number of nitrogens with one attached hydrogen (secondary N) is 1. The van der Waals surface area contributed by atoms with E-state index in [4.69, 9.17) is 5.26 Å². The van der Waals surface area contributed by atoms with Gasteiger partial charge in [-0.3, -0.25) is 0 Å². The first kappa shape index (κ1) is 14.3. The van der Waals surface area contributed by atoms with Gasteiger partial charge in [0, 0.05) is 17.4 Å². The summed E-state index contributed by atoms with van der Waals surface area (Å²) in [6.07, 6.45) is -4.27. The van der Waals surface area contributed by atoms with Crippen molar-refractivity contribution in [3.05, 3.63) is 53.5 Å². The van der Waals surface area contributed by atoms with Crippen LogP contribution in [0.5, 0.6) is 0 Å². The highest BCUT2D eigenvalue weighted by Gasteiger charge is 2.60. The number of benzene rings is 1. The summed E-state index contributed by atoms with van der Waals surface area (Å²) in [5.41, 5.74) is -2.99. The molecule has 22 heavy (non-hydrogen) atoms. The van der Waals surface area contributed by atoms with Crippen LogP contribution in [0.3, 0.4) is 0 Å². The molecule has 3 nitrogen and oxygen atoms in total. The Bertz CT molecular complexity index is 779. The minimum absolute atomic E-state index is 0.0224. The number of fused-ring (bicyclic) bond motifs is 2. The molecule has 0 spiro atoms. The molecule has 1 N–H and O–H groups in total. The second-order valence-corrected chi connectivity index (χ2v) is 4.95. The first-order chi connectivity index (χ1) is 10.4. The van der Waals surface area contributed by atoms with Gasteiger partial charge in [0.05, 0.1) is 12.5 Å². The number of hydrogen-bond donors (Lipinski definition) is 1.